The Kier molecular flexibility index (Phi) is 5.19. The van der Waals surface area contributed by atoms with Crippen LogP contribution in [-0.2, 0) is 9.53 Å². The second-order valence-electron chi connectivity index (χ2n) is 4.82. The third kappa shape index (κ3) is 4.23. The highest BCUT2D eigenvalue weighted by atomic mass is 16.5. The Morgan fingerprint density at radius 3 is 2.57 bits per heavy atom. The predicted molar refractivity (Wildman–Crippen MR) is 84.8 cm³/mol. The number of hydrogen-bond donors (Lipinski definition) is 2. The van der Waals surface area contributed by atoms with Gasteiger partial charge in [0.2, 0.25) is 0 Å². The molecule has 6 nitrogen and oxygen atoms in total. The van der Waals surface area contributed by atoms with Crippen molar-refractivity contribution in [2.24, 2.45) is 0 Å². The van der Waals surface area contributed by atoms with Crippen molar-refractivity contribution in [3.8, 4) is 11.5 Å². The molecule has 0 aromatic heterocycles. The summed E-state index contributed by atoms with van der Waals surface area (Å²) in [4.78, 5) is 23.7. The number of anilines is 1. The molecule has 2 aromatic rings. The molecule has 0 atom stereocenters. The van der Waals surface area contributed by atoms with Gasteiger partial charge < -0.3 is 19.9 Å². The zero-order valence-corrected chi connectivity index (χ0v) is 12.8. The third-order valence-corrected chi connectivity index (χ3v) is 3.18. The van der Waals surface area contributed by atoms with E-state index in [1.165, 1.54) is 25.3 Å². The number of carbonyl (C=O) groups excluding carboxylic acids is 2. The van der Waals surface area contributed by atoms with Crippen LogP contribution in [-0.4, -0.2) is 30.7 Å². The summed E-state index contributed by atoms with van der Waals surface area (Å²) in [5, 5.41) is 12.4. The summed E-state index contributed by atoms with van der Waals surface area (Å²) in [6, 6.07) is 11.5. The maximum Gasteiger partial charge on any atom is 0.342 e. The van der Waals surface area contributed by atoms with Crippen LogP contribution in [0.2, 0.25) is 0 Å². The molecule has 0 radical (unpaired) electrons. The van der Waals surface area contributed by atoms with E-state index in [0.29, 0.717) is 11.4 Å². The zero-order chi connectivity index (χ0) is 16.8. The minimum atomic E-state index is -0.787. The summed E-state index contributed by atoms with van der Waals surface area (Å²) in [6.45, 7) is 1.41. The molecule has 2 rings (SSSR count). The number of hydrogen-bond acceptors (Lipinski definition) is 5. The molecule has 0 bridgehead atoms. The van der Waals surface area contributed by atoms with E-state index in [1.54, 1.807) is 12.1 Å². The zero-order valence-electron chi connectivity index (χ0n) is 12.8. The minimum absolute atomic E-state index is 0.0329. The first-order valence-electron chi connectivity index (χ1n) is 6.91. The van der Waals surface area contributed by atoms with Crippen molar-refractivity contribution < 1.29 is 24.2 Å². The van der Waals surface area contributed by atoms with Gasteiger partial charge in [0.25, 0.3) is 5.91 Å². The van der Waals surface area contributed by atoms with Crippen LogP contribution in [0.15, 0.2) is 42.5 Å². The van der Waals surface area contributed by atoms with Gasteiger partial charge in [0.15, 0.2) is 6.61 Å². The highest BCUT2D eigenvalue weighted by molar-refractivity contribution is 5.97. The van der Waals surface area contributed by atoms with Crippen molar-refractivity contribution in [3.05, 3.63) is 53.6 Å². The number of esters is 1. The molecule has 0 spiro atoms. The number of para-hydroxylation sites is 1. The molecular formula is C17H17NO5. The van der Waals surface area contributed by atoms with E-state index < -0.39 is 18.5 Å². The van der Waals surface area contributed by atoms with Crippen LogP contribution in [0.25, 0.3) is 0 Å². The van der Waals surface area contributed by atoms with Crippen LogP contribution < -0.4 is 10.1 Å². The SMILES string of the molecule is COc1ccc(C(=O)OCC(=O)Nc2ccccc2C)c(O)c1. The molecule has 2 N–H and O–H groups in total. The molecule has 0 saturated carbocycles. The quantitative estimate of drug-likeness (QED) is 0.828. The number of carbonyl (C=O) groups is 2. The summed E-state index contributed by atoms with van der Waals surface area (Å²) < 4.78 is 9.83. The number of methoxy groups -OCH3 is 1. The maximum absolute atomic E-state index is 11.9. The van der Waals surface area contributed by atoms with Crippen LogP contribution in [0.3, 0.4) is 0 Å². The molecule has 2 aromatic carbocycles. The number of rotatable bonds is 5. The fourth-order valence-corrected chi connectivity index (χ4v) is 1.92. The molecule has 0 aliphatic heterocycles. The highest BCUT2D eigenvalue weighted by Crippen LogP contribution is 2.24. The standard InChI is InChI=1S/C17H17NO5/c1-11-5-3-4-6-14(11)18-16(20)10-23-17(21)13-8-7-12(22-2)9-15(13)19/h3-9,19H,10H2,1-2H3,(H,18,20). The molecule has 1 amide bonds. The van der Waals surface area contributed by atoms with Gasteiger partial charge in [-0.05, 0) is 30.7 Å². The maximum atomic E-state index is 11.9. The molecule has 0 saturated heterocycles. The Balaban J connectivity index is 1.94. The molecule has 6 heteroatoms. The fourth-order valence-electron chi connectivity index (χ4n) is 1.92. The van der Waals surface area contributed by atoms with Gasteiger partial charge in [-0.2, -0.15) is 0 Å². The van der Waals surface area contributed by atoms with E-state index in [0.717, 1.165) is 5.56 Å². The molecule has 0 heterocycles. The number of phenolic OH excluding ortho intramolecular Hbond substituents is 1. The fraction of sp³-hybridized carbons (Fsp3) is 0.176. The Bertz CT molecular complexity index is 727. The Labute approximate surface area is 133 Å². The molecule has 120 valence electrons. The van der Waals surface area contributed by atoms with Gasteiger partial charge in [0, 0.05) is 11.8 Å². The van der Waals surface area contributed by atoms with Gasteiger partial charge in [-0.25, -0.2) is 4.79 Å². The number of aryl methyl sites for hydroxylation is 1. The highest BCUT2D eigenvalue weighted by Gasteiger charge is 2.15. The van der Waals surface area contributed by atoms with Gasteiger partial charge >= 0.3 is 5.97 Å². The molecule has 0 fully saturated rings. The first-order chi connectivity index (χ1) is 11.0. The summed E-state index contributed by atoms with van der Waals surface area (Å²) in [6.07, 6.45) is 0. The smallest absolute Gasteiger partial charge is 0.342 e. The van der Waals surface area contributed by atoms with Crippen molar-refractivity contribution in [2.75, 3.05) is 19.0 Å². The van der Waals surface area contributed by atoms with E-state index in [9.17, 15) is 14.7 Å². The monoisotopic (exact) mass is 315 g/mol. The van der Waals surface area contributed by atoms with Crippen molar-refractivity contribution in [3.63, 3.8) is 0 Å². The van der Waals surface area contributed by atoms with E-state index >= 15 is 0 Å². The number of benzene rings is 2. The summed E-state index contributed by atoms with van der Waals surface area (Å²) in [5.41, 5.74) is 1.52. The van der Waals surface area contributed by atoms with Gasteiger partial charge in [-0.1, -0.05) is 18.2 Å². The lowest BCUT2D eigenvalue weighted by atomic mass is 10.2. The largest absolute Gasteiger partial charge is 0.507 e. The van der Waals surface area contributed by atoms with Crippen LogP contribution in [0.5, 0.6) is 11.5 Å². The van der Waals surface area contributed by atoms with Gasteiger partial charge in [-0.3, -0.25) is 4.79 Å². The number of nitrogens with one attached hydrogen (secondary N) is 1. The van der Waals surface area contributed by atoms with E-state index in [-0.39, 0.29) is 11.3 Å². The lowest BCUT2D eigenvalue weighted by Gasteiger charge is -2.09. The van der Waals surface area contributed by atoms with Gasteiger partial charge in [0.05, 0.1) is 7.11 Å². The van der Waals surface area contributed by atoms with Crippen molar-refractivity contribution in [1.82, 2.24) is 0 Å². The van der Waals surface area contributed by atoms with Crippen molar-refractivity contribution >= 4 is 17.6 Å². The third-order valence-electron chi connectivity index (χ3n) is 3.18. The minimum Gasteiger partial charge on any atom is -0.507 e. The molecule has 0 aliphatic carbocycles. The predicted octanol–water partition coefficient (Wildman–Crippen LogP) is 2.50. The second kappa shape index (κ2) is 7.31. The Morgan fingerprint density at radius 2 is 1.91 bits per heavy atom. The van der Waals surface area contributed by atoms with E-state index in [1.807, 2.05) is 19.1 Å². The molecular weight excluding hydrogens is 298 g/mol. The van der Waals surface area contributed by atoms with E-state index in [2.05, 4.69) is 5.32 Å². The molecule has 0 aliphatic rings. The lowest BCUT2D eigenvalue weighted by molar-refractivity contribution is -0.119. The summed E-state index contributed by atoms with van der Waals surface area (Å²) >= 11 is 0. The number of aromatic hydroxyl groups is 1. The Morgan fingerprint density at radius 1 is 1.17 bits per heavy atom. The molecule has 23 heavy (non-hydrogen) atoms. The summed E-state index contributed by atoms with van der Waals surface area (Å²) in [7, 11) is 1.45. The van der Waals surface area contributed by atoms with Gasteiger partial charge in [-0.15, -0.1) is 0 Å². The number of phenols is 1. The lowest BCUT2D eigenvalue weighted by Crippen LogP contribution is -2.21. The Hall–Kier alpha value is -3.02. The van der Waals surface area contributed by atoms with Crippen LogP contribution >= 0.6 is 0 Å². The summed E-state index contributed by atoms with van der Waals surface area (Å²) in [5.74, 6) is -1.10. The molecule has 0 unspecified atom stereocenters. The number of amides is 1. The second-order valence-corrected chi connectivity index (χ2v) is 4.82. The van der Waals surface area contributed by atoms with Crippen LogP contribution in [0.4, 0.5) is 5.69 Å². The number of ether oxygens (including phenoxy) is 2. The van der Waals surface area contributed by atoms with Crippen molar-refractivity contribution in [1.29, 1.82) is 0 Å². The average molecular weight is 315 g/mol. The normalized spacial score (nSPS) is 10.0. The average Bonchev–Trinajstić information content (AvgIpc) is 2.54. The van der Waals surface area contributed by atoms with Crippen molar-refractivity contribution in [2.45, 2.75) is 6.92 Å². The first kappa shape index (κ1) is 16.4. The van der Waals surface area contributed by atoms with Crippen LogP contribution in [0, 0.1) is 6.92 Å². The van der Waals surface area contributed by atoms with E-state index in [4.69, 9.17) is 9.47 Å². The first-order valence-corrected chi connectivity index (χ1v) is 6.91. The van der Waals surface area contributed by atoms with Crippen LogP contribution in [0.1, 0.15) is 15.9 Å². The van der Waals surface area contributed by atoms with Gasteiger partial charge in [0.1, 0.15) is 17.1 Å². The topological polar surface area (TPSA) is 84.9 Å².